The Hall–Kier alpha value is -0.590. The predicted octanol–water partition coefficient (Wildman–Crippen LogP) is 3.17. The summed E-state index contributed by atoms with van der Waals surface area (Å²) in [5, 5.41) is 12.8. The molecular formula is C17H31N3. The molecule has 1 saturated heterocycles. The first-order valence-corrected chi connectivity index (χ1v) is 8.48. The van der Waals surface area contributed by atoms with Crippen LogP contribution in [0, 0.1) is 23.2 Å². The molecule has 0 spiro atoms. The van der Waals surface area contributed by atoms with Gasteiger partial charge in [0, 0.05) is 12.6 Å². The molecule has 20 heavy (non-hydrogen) atoms. The van der Waals surface area contributed by atoms with E-state index in [2.05, 4.69) is 30.1 Å². The molecule has 1 heterocycles. The summed E-state index contributed by atoms with van der Waals surface area (Å²) in [6, 6.07) is 2.97. The van der Waals surface area contributed by atoms with Gasteiger partial charge in [-0.15, -0.1) is 0 Å². The van der Waals surface area contributed by atoms with Gasteiger partial charge < -0.3 is 4.90 Å². The second-order valence-corrected chi connectivity index (χ2v) is 7.12. The zero-order valence-corrected chi connectivity index (χ0v) is 13.5. The lowest BCUT2D eigenvalue weighted by molar-refractivity contribution is 0.0536. The Morgan fingerprint density at radius 3 is 2.65 bits per heavy atom. The third-order valence-corrected chi connectivity index (χ3v) is 5.46. The van der Waals surface area contributed by atoms with Crippen LogP contribution in [0.4, 0.5) is 0 Å². The quantitative estimate of drug-likeness (QED) is 0.839. The van der Waals surface area contributed by atoms with Gasteiger partial charge in [0.05, 0.1) is 6.07 Å². The summed E-state index contributed by atoms with van der Waals surface area (Å²) in [6.45, 7) is 9.78. The van der Waals surface area contributed by atoms with Crippen molar-refractivity contribution in [2.75, 3.05) is 19.6 Å². The molecule has 4 unspecified atom stereocenters. The Bertz CT molecular complexity index is 349. The average Bonchev–Trinajstić information content (AvgIpc) is 2.47. The highest BCUT2D eigenvalue weighted by Crippen LogP contribution is 2.37. The molecule has 114 valence electrons. The minimum atomic E-state index is -0.377. The largest absolute Gasteiger partial charge is 0.300 e. The first-order chi connectivity index (χ1) is 9.58. The first kappa shape index (κ1) is 15.8. The van der Waals surface area contributed by atoms with Crippen molar-refractivity contribution in [3.05, 3.63) is 0 Å². The molecule has 1 N–H and O–H groups in total. The minimum absolute atomic E-state index is 0.377. The maximum atomic E-state index is 9.42. The summed E-state index contributed by atoms with van der Waals surface area (Å²) in [6.07, 6.45) is 8.06. The molecule has 0 aromatic carbocycles. The van der Waals surface area contributed by atoms with E-state index in [0.717, 1.165) is 24.8 Å². The molecule has 1 aliphatic heterocycles. The summed E-state index contributed by atoms with van der Waals surface area (Å²) >= 11 is 0. The lowest BCUT2D eigenvalue weighted by Gasteiger charge is -2.44. The number of hydrogen-bond acceptors (Lipinski definition) is 3. The maximum Gasteiger partial charge on any atom is 0.105 e. The number of fused-ring (bicyclic) bond motifs is 1. The fourth-order valence-corrected chi connectivity index (χ4v) is 4.30. The number of likely N-dealkylation sites (tertiary alicyclic amines) is 1. The van der Waals surface area contributed by atoms with Crippen molar-refractivity contribution in [2.45, 2.75) is 70.9 Å². The van der Waals surface area contributed by atoms with E-state index in [1.165, 1.54) is 45.2 Å². The van der Waals surface area contributed by atoms with Crippen LogP contribution in [0.25, 0.3) is 0 Å². The summed E-state index contributed by atoms with van der Waals surface area (Å²) in [4.78, 5) is 2.64. The Kier molecular flexibility index (Phi) is 5.46. The van der Waals surface area contributed by atoms with Crippen LogP contribution in [0.15, 0.2) is 0 Å². The molecule has 0 aromatic heterocycles. The average molecular weight is 277 g/mol. The highest BCUT2D eigenvalue weighted by Gasteiger charge is 2.35. The topological polar surface area (TPSA) is 39.1 Å². The van der Waals surface area contributed by atoms with Crippen molar-refractivity contribution >= 4 is 0 Å². The van der Waals surface area contributed by atoms with Gasteiger partial charge in [0.25, 0.3) is 0 Å². The molecule has 1 saturated carbocycles. The van der Waals surface area contributed by atoms with Crippen LogP contribution in [0.5, 0.6) is 0 Å². The van der Waals surface area contributed by atoms with Crippen LogP contribution in [-0.2, 0) is 0 Å². The summed E-state index contributed by atoms with van der Waals surface area (Å²) in [5.41, 5.74) is -0.377. The Morgan fingerprint density at radius 1 is 1.30 bits per heavy atom. The van der Waals surface area contributed by atoms with Crippen molar-refractivity contribution in [3.63, 3.8) is 0 Å². The van der Waals surface area contributed by atoms with Gasteiger partial charge in [0.2, 0.25) is 0 Å². The normalized spacial score (nSPS) is 31.9. The van der Waals surface area contributed by atoms with E-state index in [4.69, 9.17) is 0 Å². The summed E-state index contributed by atoms with van der Waals surface area (Å²) in [7, 11) is 0. The monoisotopic (exact) mass is 277 g/mol. The van der Waals surface area contributed by atoms with E-state index in [1.807, 2.05) is 6.92 Å². The van der Waals surface area contributed by atoms with Crippen LogP contribution in [0.3, 0.4) is 0 Å². The van der Waals surface area contributed by atoms with Gasteiger partial charge in [0.15, 0.2) is 0 Å². The van der Waals surface area contributed by atoms with Crippen LogP contribution in [0.1, 0.15) is 59.3 Å². The molecule has 2 aliphatic rings. The van der Waals surface area contributed by atoms with Crippen molar-refractivity contribution in [1.29, 1.82) is 5.26 Å². The zero-order chi connectivity index (χ0) is 14.6. The number of nitriles is 1. The van der Waals surface area contributed by atoms with Crippen molar-refractivity contribution in [1.82, 2.24) is 10.2 Å². The van der Waals surface area contributed by atoms with Crippen molar-refractivity contribution in [2.24, 2.45) is 11.8 Å². The highest BCUT2D eigenvalue weighted by atomic mass is 15.2. The van der Waals surface area contributed by atoms with E-state index < -0.39 is 0 Å². The van der Waals surface area contributed by atoms with Gasteiger partial charge in [-0.2, -0.15) is 5.26 Å². The van der Waals surface area contributed by atoms with Crippen LogP contribution in [0.2, 0.25) is 0 Å². The molecule has 0 bridgehead atoms. The zero-order valence-electron chi connectivity index (χ0n) is 13.5. The minimum Gasteiger partial charge on any atom is -0.300 e. The fourth-order valence-electron chi connectivity index (χ4n) is 4.30. The molecule has 2 rings (SSSR count). The van der Waals surface area contributed by atoms with E-state index in [-0.39, 0.29) is 5.54 Å². The molecule has 3 nitrogen and oxygen atoms in total. The Morgan fingerprint density at radius 2 is 2.00 bits per heavy atom. The van der Waals surface area contributed by atoms with Crippen molar-refractivity contribution in [3.8, 4) is 6.07 Å². The Balaban J connectivity index is 1.89. The number of piperidine rings is 1. The lowest BCUT2D eigenvalue weighted by Crippen LogP contribution is -2.51. The molecule has 2 fully saturated rings. The second kappa shape index (κ2) is 6.91. The SMILES string of the molecule is CCNC(C)(C#N)CC(C)N1CCC2CCCCC2C1. The fraction of sp³-hybridized carbons (Fsp3) is 0.941. The molecule has 0 amide bonds. The van der Waals surface area contributed by atoms with Gasteiger partial charge in [-0.25, -0.2) is 0 Å². The summed E-state index contributed by atoms with van der Waals surface area (Å²) in [5.74, 6) is 1.91. The van der Waals surface area contributed by atoms with Crippen molar-refractivity contribution < 1.29 is 0 Å². The smallest absolute Gasteiger partial charge is 0.105 e. The van der Waals surface area contributed by atoms with E-state index in [1.54, 1.807) is 0 Å². The number of rotatable bonds is 5. The first-order valence-electron chi connectivity index (χ1n) is 8.48. The van der Waals surface area contributed by atoms with Gasteiger partial charge in [-0.1, -0.05) is 26.2 Å². The van der Waals surface area contributed by atoms with E-state index in [9.17, 15) is 5.26 Å². The molecule has 3 heteroatoms. The number of hydrogen-bond donors (Lipinski definition) is 1. The Labute approximate surface area is 124 Å². The molecular weight excluding hydrogens is 246 g/mol. The second-order valence-electron chi connectivity index (χ2n) is 7.12. The van der Waals surface area contributed by atoms with Crippen LogP contribution >= 0.6 is 0 Å². The van der Waals surface area contributed by atoms with Crippen LogP contribution in [-0.4, -0.2) is 36.1 Å². The van der Waals surface area contributed by atoms with E-state index >= 15 is 0 Å². The molecule has 1 aliphatic carbocycles. The number of nitrogens with zero attached hydrogens (tertiary/aromatic N) is 2. The summed E-state index contributed by atoms with van der Waals surface area (Å²) < 4.78 is 0. The van der Waals surface area contributed by atoms with Crippen LogP contribution < -0.4 is 5.32 Å². The van der Waals surface area contributed by atoms with Gasteiger partial charge in [-0.3, -0.25) is 5.32 Å². The molecule has 0 radical (unpaired) electrons. The predicted molar refractivity (Wildman–Crippen MR) is 83.4 cm³/mol. The maximum absolute atomic E-state index is 9.42. The molecule has 4 atom stereocenters. The van der Waals surface area contributed by atoms with Gasteiger partial charge >= 0.3 is 0 Å². The third-order valence-electron chi connectivity index (χ3n) is 5.46. The lowest BCUT2D eigenvalue weighted by atomic mass is 9.74. The van der Waals surface area contributed by atoms with Gasteiger partial charge in [0.1, 0.15) is 5.54 Å². The number of nitrogens with one attached hydrogen (secondary N) is 1. The standard InChI is InChI=1S/C17H31N3/c1-4-19-17(3,13-18)11-14(2)20-10-9-15-7-5-6-8-16(15)12-20/h14-16,19H,4-12H2,1-3H3. The molecule has 0 aromatic rings. The highest BCUT2D eigenvalue weighted by molar-refractivity contribution is 5.05. The van der Waals surface area contributed by atoms with E-state index in [0.29, 0.717) is 6.04 Å². The van der Waals surface area contributed by atoms with Gasteiger partial charge in [-0.05, 0) is 58.0 Å². The third kappa shape index (κ3) is 3.74.